The van der Waals surface area contributed by atoms with E-state index < -0.39 is 0 Å². The van der Waals surface area contributed by atoms with Gasteiger partial charge in [-0.3, -0.25) is 4.79 Å². The summed E-state index contributed by atoms with van der Waals surface area (Å²) >= 11 is 3.27. The van der Waals surface area contributed by atoms with Crippen LogP contribution in [0.5, 0.6) is 0 Å². The number of benzene rings is 1. The van der Waals surface area contributed by atoms with Crippen LogP contribution in [0.4, 0.5) is 0 Å². The lowest BCUT2D eigenvalue weighted by Gasteiger charge is -2.04. The molecule has 0 N–H and O–H groups in total. The molecule has 2 aromatic heterocycles. The Balaban J connectivity index is 2.06. The summed E-state index contributed by atoms with van der Waals surface area (Å²) in [5.74, 6) is 0.140. The maximum atomic E-state index is 12.5. The number of hydrogen-bond donors (Lipinski definition) is 0. The highest BCUT2D eigenvalue weighted by Gasteiger charge is 2.15. The van der Waals surface area contributed by atoms with E-state index in [0.717, 1.165) is 16.0 Å². The molecule has 2 heterocycles. The summed E-state index contributed by atoms with van der Waals surface area (Å²) in [4.78, 5) is 13.3. The predicted octanol–water partition coefficient (Wildman–Crippen LogP) is 4.81. The van der Waals surface area contributed by atoms with E-state index in [1.54, 1.807) is 22.7 Å². The van der Waals surface area contributed by atoms with Crippen LogP contribution in [-0.4, -0.2) is 5.78 Å². The zero-order chi connectivity index (χ0) is 12.7. The second kappa shape index (κ2) is 4.34. The smallest absolute Gasteiger partial charge is 0.203 e. The third-order valence-electron chi connectivity index (χ3n) is 2.99. The lowest BCUT2D eigenvalue weighted by Crippen LogP contribution is -2.01. The summed E-state index contributed by atoms with van der Waals surface area (Å²) in [5.41, 5.74) is 3.06. The molecule has 18 heavy (non-hydrogen) atoms. The minimum absolute atomic E-state index is 0.140. The van der Waals surface area contributed by atoms with Gasteiger partial charge in [-0.25, -0.2) is 0 Å². The summed E-state index contributed by atoms with van der Waals surface area (Å²) in [6, 6.07) is 10.1. The Labute approximate surface area is 114 Å². The largest absolute Gasteiger partial charge is 0.288 e. The fraction of sp³-hybridized carbons (Fsp3) is 0.133. The Morgan fingerprint density at radius 2 is 1.89 bits per heavy atom. The van der Waals surface area contributed by atoms with E-state index >= 15 is 0 Å². The van der Waals surface area contributed by atoms with Crippen molar-refractivity contribution in [1.82, 2.24) is 0 Å². The van der Waals surface area contributed by atoms with Gasteiger partial charge in [0.15, 0.2) is 0 Å². The summed E-state index contributed by atoms with van der Waals surface area (Å²) < 4.78 is 2.40. The molecular weight excluding hydrogens is 260 g/mol. The minimum atomic E-state index is 0.140. The maximum Gasteiger partial charge on any atom is 0.203 e. The van der Waals surface area contributed by atoms with Crippen LogP contribution in [0.15, 0.2) is 35.7 Å². The molecule has 0 atom stereocenters. The standard InChI is InChI=1S/C15H12OS2/c1-9-3-4-11(10(2)7-9)15(16)14-8-13-12(18-14)5-6-17-13/h3-8H,1-2H3. The van der Waals surface area contributed by atoms with E-state index in [2.05, 4.69) is 17.5 Å². The second-order valence-corrected chi connectivity index (χ2v) is 6.44. The average Bonchev–Trinajstić information content (AvgIpc) is 2.87. The van der Waals surface area contributed by atoms with Crippen molar-refractivity contribution in [3.63, 3.8) is 0 Å². The molecule has 0 bridgehead atoms. The van der Waals surface area contributed by atoms with Crippen LogP contribution in [0, 0.1) is 13.8 Å². The van der Waals surface area contributed by atoms with Gasteiger partial charge in [0.25, 0.3) is 0 Å². The van der Waals surface area contributed by atoms with Crippen LogP contribution in [0.1, 0.15) is 26.4 Å². The second-order valence-electron chi connectivity index (χ2n) is 4.41. The molecule has 3 heteroatoms. The van der Waals surface area contributed by atoms with Crippen molar-refractivity contribution in [2.24, 2.45) is 0 Å². The topological polar surface area (TPSA) is 17.1 Å². The molecule has 0 radical (unpaired) electrons. The minimum Gasteiger partial charge on any atom is -0.288 e. The first-order chi connectivity index (χ1) is 8.65. The number of hydrogen-bond acceptors (Lipinski definition) is 3. The molecule has 1 aromatic carbocycles. The van der Waals surface area contributed by atoms with Gasteiger partial charge in [-0.05, 0) is 36.9 Å². The van der Waals surface area contributed by atoms with Crippen LogP contribution in [0.3, 0.4) is 0 Å². The third-order valence-corrected chi connectivity index (χ3v) is 5.08. The molecular formula is C15H12OS2. The molecule has 90 valence electrons. The van der Waals surface area contributed by atoms with Crippen molar-refractivity contribution in [2.45, 2.75) is 13.8 Å². The molecule has 0 unspecified atom stereocenters. The van der Waals surface area contributed by atoms with Gasteiger partial charge in [0.1, 0.15) is 0 Å². The molecule has 0 aliphatic carbocycles. The van der Waals surface area contributed by atoms with Gasteiger partial charge >= 0.3 is 0 Å². The first kappa shape index (κ1) is 11.6. The number of ketones is 1. The normalized spacial score (nSPS) is 11.0. The fourth-order valence-electron chi connectivity index (χ4n) is 2.08. The lowest BCUT2D eigenvalue weighted by molar-refractivity contribution is 0.104. The Bertz CT molecular complexity index is 705. The van der Waals surface area contributed by atoms with E-state index in [4.69, 9.17) is 0 Å². The molecule has 0 saturated heterocycles. The lowest BCUT2D eigenvalue weighted by atomic mass is 10.0. The Morgan fingerprint density at radius 1 is 1.06 bits per heavy atom. The van der Waals surface area contributed by atoms with E-state index in [1.807, 2.05) is 32.0 Å². The van der Waals surface area contributed by atoms with E-state index in [1.165, 1.54) is 15.0 Å². The first-order valence-electron chi connectivity index (χ1n) is 5.74. The summed E-state index contributed by atoms with van der Waals surface area (Å²) in [6.45, 7) is 4.04. The molecule has 0 spiro atoms. The predicted molar refractivity (Wildman–Crippen MR) is 79.1 cm³/mol. The molecule has 0 aliphatic heterocycles. The van der Waals surface area contributed by atoms with Crippen LogP contribution < -0.4 is 0 Å². The summed E-state index contributed by atoms with van der Waals surface area (Å²) in [6.07, 6.45) is 0. The highest BCUT2D eigenvalue weighted by molar-refractivity contribution is 7.28. The van der Waals surface area contributed by atoms with Crippen LogP contribution >= 0.6 is 22.7 Å². The first-order valence-corrected chi connectivity index (χ1v) is 7.44. The quantitative estimate of drug-likeness (QED) is 0.612. The SMILES string of the molecule is Cc1ccc(C(=O)c2cc3sccc3s2)c(C)c1. The van der Waals surface area contributed by atoms with Crippen molar-refractivity contribution in [3.05, 3.63) is 57.3 Å². The number of fused-ring (bicyclic) bond motifs is 1. The average molecular weight is 272 g/mol. The third kappa shape index (κ3) is 1.89. The van der Waals surface area contributed by atoms with Gasteiger partial charge in [0, 0.05) is 15.0 Å². The van der Waals surface area contributed by atoms with Crippen molar-refractivity contribution in [3.8, 4) is 0 Å². The Kier molecular flexibility index (Phi) is 2.80. The van der Waals surface area contributed by atoms with Crippen LogP contribution in [0.25, 0.3) is 9.40 Å². The molecule has 0 fully saturated rings. The number of carbonyl (C=O) groups is 1. The maximum absolute atomic E-state index is 12.5. The number of carbonyl (C=O) groups excluding carboxylic acids is 1. The van der Waals surface area contributed by atoms with Crippen molar-refractivity contribution >= 4 is 37.9 Å². The Morgan fingerprint density at radius 3 is 2.61 bits per heavy atom. The van der Waals surface area contributed by atoms with Crippen LogP contribution in [0.2, 0.25) is 0 Å². The van der Waals surface area contributed by atoms with Gasteiger partial charge in [0.2, 0.25) is 5.78 Å². The van der Waals surface area contributed by atoms with Crippen molar-refractivity contribution in [1.29, 1.82) is 0 Å². The molecule has 3 aromatic rings. The zero-order valence-corrected chi connectivity index (χ0v) is 11.8. The van der Waals surface area contributed by atoms with Gasteiger partial charge in [-0.1, -0.05) is 23.8 Å². The monoisotopic (exact) mass is 272 g/mol. The van der Waals surface area contributed by atoms with Crippen LogP contribution in [-0.2, 0) is 0 Å². The van der Waals surface area contributed by atoms with Gasteiger partial charge in [-0.15, -0.1) is 22.7 Å². The molecule has 0 amide bonds. The fourth-order valence-corrected chi connectivity index (χ4v) is 4.14. The summed E-state index contributed by atoms with van der Waals surface area (Å²) in [7, 11) is 0. The zero-order valence-electron chi connectivity index (χ0n) is 10.2. The number of rotatable bonds is 2. The molecule has 0 aliphatic rings. The number of thiophene rings is 2. The van der Waals surface area contributed by atoms with Gasteiger partial charge in [0.05, 0.1) is 4.88 Å². The molecule has 1 nitrogen and oxygen atoms in total. The van der Waals surface area contributed by atoms with Gasteiger partial charge < -0.3 is 0 Å². The highest BCUT2D eigenvalue weighted by atomic mass is 32.1. The summed E-state index contributed by atoms with van der Waals surface area (Å²) in [5, 5.41) is 2.06. The highest BCUT2D eigenvalue weighted by Crippen LogP contribution is 2.31. The molecule has 0 saturated carbocycles. The van der Waals surface area contributed by atoms with E-state index in [0.29, 0.717) is 0 Å². The van der Waals surface area contributed by atoms with Crippen molar-refractivity contribution < 1.29 is 4.79 Å². The number of aryl methyl sites for hydroxylation is 2. The van der Waals surface area contributed by atoms with E-state index in [9.17, 15) is 4.79 Å². The van der Waals surface area contributed by atoms with Crippen molar-refractivity contribution in [2.75, 3.05) is 0 Å². The van der Waals surface area contributed by atoms with Gasteiger partial charge in [-0.2, -0.15) is 0 Å². The molecule has 3 rings (SSSR count). The van der Waals surface area contributed by atoms with E-state index in [-0.39, 0.29) is 5.78 Å². The Hall–Kier alpha value is -1.45.